The monoisotopic (exact) mass is 130 g/mol. The van der Waals surface area contributed by atoms with Crippen LogP contribution in [-0.2, 0) is 4.79 Å². The molecule has 1 heteroatoms. The summed E-state index contributed by atoms with van der Waals surface area (Å²) >= 11 is 0. The highest BCUT2D eigenvalue weighted by molar-refractivity contribution is 5.80. The molecule has 56 valence electrons. The van der Waals surface area contributed by atoms with E-state index in [1.165, 1.54) is 0 Å². The first kappa shape index (κ1) is 11.5. The van der Waals surface area contributed by atoms with E-state index in [1.807, 2.05) is 20.8 Å². The van der Waals surface area contributed by atoms with Gasteiger partial charge >= 0.3 is 0 Å². The molecule has 0 aliphatic carbocycles. The first-order chi connectivity index (χ1) is 3.68. The number of rotatable bonds is 3. The number of carbonyl (C=O) groups excluding carboxylic acids is 1. The molecule has 0 bridgehead atoms. The third kappa shape index (κ3) is 5.54. The fourth-order valence-corrected chi connectivity index (χ4v) is 0.535. The third-order valence-corrected chi connectivity index (χ3v) is 1.14. The normalized spacial score (nSPS) is 8.89. The molecule has 1 nitrogen and oxygen atoms in total. The van der Waals surface area contributed by atoms with Gasteiger partial charge in [0.25, 0.3) is 0 Å². The Morgan fingerprint density at radius 1 is 1.44 bits per heavy atom. The largest absolute Gasteiger partial charge is 0.299 e. The quantitative estimate of drug-likeness (QED) is 0.574. The molecule has 0 fully saturated rings. The molecule has 0 aromatic carbocycles. The Kier molecular flexibility index (Phi) is 7.39. The van der Waals surface area contributed by atoms with Gasteiger partial charge in [0.05, 0.1) is 0 Å². The minimum Gasteiger partial charge on any atom is -0.299 e. The van der Waals surface area contributed by atoms with Crippen LogP contribution in [0.15, 0.2) is 0 Å². The van der Waals surface area contributed by atoms with Gasteiger partial charge in [-0.1, -0.05) is 28.2 Å². The van der Waals surface area contributed by atoms with Crippen molar-refractivity contribution in [2.75, 3.05) is 0 Å². The molecule has 0 radical (unpaired) electrons. The second-order valence-electron chi connectivity index (χ2n) is 2.37. The lowest BCUT2D eigenvalue weighted by atomic mass is 10.1. The van der Waals surface area contributed by atoms with Gasteiger partial charge in [0.1, 0.15) is 5.78 Å². The lowest BCUT2D eigenvalue weighted by Gasteiger charge is -1.98. The zero-order chi connectivity index (χ0) is 6.57. The number of hydrogen-bond acceptors (Lipinski definition) is 1. The van der Waals surface area contributed by atoms with Crippen LogP contribution in [0, 0.1) is 5.92 Å². The Labute approximate surface area is 58.5 Å². The summed E-state index contributed by atoms with van der Waals surface area (Å²) in [5.41, 5.74) is 0. The number of Topliss-reactive ketones (excluding diaryl/α,β-unsaturated/α-hetero) is 1. The van der Waals surface area contributed by atoms with Crippen LogP contribution in [0.1, 0.15) is 41.0 Å². The first-order valence-corrected chi connectivity index (χ1v) is 3.21. The summed E-state index contributed by atoms with van der Waals surface area (Å²) in [5, 5.41) is 0. The maximum atomic E-state index is 10.7. The first-order valence-electron chi connectivity index (χ1n) is 3.21. The molecule has 9 heavy (non-hydrogen) atoms. The molecule has 0 spiro atoms. The van der Waals surface area contributed by atoms with Crippen molar-refractivity contribution in [1.29, 1.82) is 0 Å². The predicted molar refractivity (Wildman–Crippen MR) is 41.5 cm³/mol. The van der Waals surface area contributed by atoms with Crippen LogP contribution in [0.2, 0.25) is 0 Å². The van der Waals surface area contributed by atoms with Crippen molar-refractivity contribution in [2.24, 2.45) is 5.92 Å². The number of carbonyl (C=O) groups is 1. The highest BCUT2D eigenvalue weighted by Crippen LogP contribution is 1.99. The van der Waals surface area contributed by atoms with Crippen LogP contribution < -0.4 is 0 Å². The number of hydrogen-bond donors (Lipinski definition) is 0. The van der Waals surface area contributed by atoms with Crippen LogP contribution in [-0.4, -0.2) is 5.78 Å². The summed E-state index contributed by atoms with van der Waals surface area (Å²) in [6.07, 6.45) is 1.73. The van der Waals surface area contributed by atoms with Crippen LogP contribution in [0.5, 0.6) is 0 Å². The minimum atomic E-state index is 0. The predicted octanol–water partition coefficient (Wildman–Crippen LogP) is 2.65. The Bertz CT molecular complexity index is 74.6. The molecule has 0 amide bonds. The second-order valence-corrected chi connectivity index (χ2v) is 2.37. The molecule has 0 N–H and O–H groups in total. The molecule has 0 saturated carbocycles. The highest BCUT2D eigenvalue weighted by Gasteiger charge is 2.03. The molecule has 0 aromatic heterocycles. The average molecular weight is 130 g/mol. The van der Waals surface area contributed by atoms with Gasteiger partial charge in [-0.25, -0.2) is 0 Å². The second kappa shape index (κ2) is 5.80. The van der Waals surface area contributed by atoms with Gasteiger partial charge in [-0.3, -0.25) is 4.79 Å². The fourth-order valence-electron chi connectivity index (χ4n) is 0.535. The zero-order valence-corrected chi connectivity index (χ0v) is 5.90. The van der Waals surface area contributed by atoms with Crippen molar-refractivity contribution in [1.82, 2.24) is 0 Å². The van der Waals surface area contributed by atoms with Crippen LogP contribution in [0.3, 0.4) is 0 Å². The highest BCUT2D eigenvalue weighted by atomic mass is 16.1. The molecular formula is C8H18O. The fraction of sp³-hybridized carbons (Fsp3) is 0.875. The molecular weight excluding hydrogens is 112 g/mol. The summed E-state index contributed by atoms with van der Waals surface area (Å²) in [6.45, 7) is 5.91. The van der Waals surface area contributed by atoms with Gasteiger partial charge in [0.15, 0.2) is 0 Å². The van der Waals surface area contributed by atoms with Crippen LogP contribution >= 0.6 is 0 Å². The summed E-state index contributed by atoms with van der Waals surface area (Å²) in [7, 11) is 0. The van der Waals surface area contributed by atoms with E-state index in [2.05, 4.69) is 0 Å². The van der Waals surface area contributed by atoms with E-state index in [9.17, 15) is 4.79 Å². The third-order valence-electron chi connectivity index (χ3n) is 1.14. The molecule has 0 unspecified atom stereocenters. The smallest absolute Gasteiger partial charge is 0.135 e. The van der Waals surface area contributed by atoms with Gasteiger partial charge in [-0.2, -0.15) is 0 Å². The van der Waals surface area contributed by atoms with Gasteiger partial charge < -0.3 is 0 Å². The van der Waals surface area contributed by atoms with Crippen molar-refractivity contribution >= 4 is 5.78 Å². The van der Waals surface area contributed by atoms with Crippen molar-refractivity contribution in [3.05, 3.63) is 0 Å². The molecule has 0 aliphatic heterocycles. The zero-order valence-electron chi connectivity index (χ0n) is 5.90. The minimum absolute atomic E-state index is 0. The van der Waals surface area contributed by atoms with Gasteiger partial charge in [0, 0.05) is 12.3 Å². The van der Waals surface area contributed by atoms with E-state index < -0.39 is 0 Å². The van der Waals surface area contributed by atoms with Gasteiger partial charge in [-0.05, 0) is 6.42 Å². The Hall–Kier alpha value is -0.330. The summed E-state index contributed by atoms with van der Waals surface area (Å²) < 4.78 is 0. The van der Waals surface area contributed by atoms with E-state index in [4.69, 9.17) is 0 Å². The lowest BCUT2D eigenvalue weighted by molar-refractivity contribution is -0.121. The van der Waals surface area contributed by atoms with E-state index in [0.717, 1.165) is 12.8 Å². The van der Waals surface area contributed by atoms with Crippen LogP contribution in [0.25, 0.3) is 0 Å². The molecule has 0 rings (SSSR count). The molecule has 0 saturated heterocycles. The van der Waals surface area contributed by atoms with E-state index >= 15 is 0 Å². The topological polar surface area (TPSA) is 17.1 Å². The molecule has 0 aliphatic rings. The average Bonchev–Trinajstić information content (AvgIpc) is 1.67. The summed E-state index contributed by atoms with van der Waals surface area (Å²) in [5.74, 6) is 0.613. The summed E-state index contributed by atoms with van der Waals surface area (Å²) in [4.78, 5) is 10.7. The van der Waals surface area contributed by atoms with Gasteiger partial charge in [-0.15, -0.1) is 0 Å². The van der Waals surface area contributed by atoms with E-state index in [-0.39, 0.29) is 13.3 Å². The van der Waals surface area contributed by atoms with Crippen molar-refractivity contribution in [3.63, 3.8) is 0 Å². The van der Waals surface area contributed by atoms with E-state index in [0.29, 0.717) is 5.78 Å². The molecule has 0 heterocycles. The maximum Gasteiger partial charge on any atom is 0.135 e. The Balaban J connectivity index is 0. The summed E-state index contributed by atoms with van der Waals surface area (Å²) in [6, 6.07) is 0. The van der Waals surface area contributed by atoms with Crippen LogP contribution in [0.4, 0.5) is 0 Å². The van der Waals surface area contributed by atoms with Crippen molar-refractivity contribution in [3.8, 4) is 0 Å². The Morgan fingerprint density at radius 3 is 2.00 bits per heavy atom. The van der Waals surface area contributed by atoms with Crippen molar-refractivity contribution < 1.29 is 4.79 Å². The SMILES string of the molecule is C.CCCC(=O)C(C)C. The Morgan fingerprint density at radius 2 is 1.89 bits per heavy atom. The molecule has 0 aromatic rings. The number of ketones is 1. The molecule has 0 atom stereocenters. The lowest BCUT2D eigenvalue weighted by Crippen LogP contribution is -2.04. The standard InChI is InChI=1S/C7H14O.CH4/c1-4-5-7(8)6(2)3;/h6H,4-5H2,1-3H3;1H4. The maximum absolute atomic E-state index is 10.7. The van der Waals surface area contributed by atoms with E-state index in [1.54, 1.807) is 0 Å². The van der Waals surface area contributed by atoms with Crippen molar-refractivity contribution in [2.45, 2.75) is 41.0 Å². The van der Waals surface area contributed by atoms with Gasteiger partial charge in [0.2, 0.25) is 0 Å².